The minimum Gasteiger partial charge on any atom is -0.494 e. The largest absolute Gasteiger partial charge is 0.494 e. The van der Waals surface area contributed by atoms with E-state index in [1.54, 1.807) is 0 Å². The molecule has 0 atom stereocenters. The quantitative estimate of drug-likeness (QED) is 0.209. The Labute approximate surface area is 189 Å². The summed E-state index contributed by atoms with van der Waals surface area (Å²) in [5.41, 5.74) is 2.22. The molecule has 0 aliphatic rings. The molecule has 0 spiro atoms. The number of ketones is 1. The van der Waals surface area contributed by atoms with Crippen molar-refractivity contribution in [3.8, 4) is 5.75 Å². The predicted molar refractivity (Wildman–Crippen MR) is 130 cm³/mol. The van der Waals surface area contributed by atoms with Gasteiger partial charge in [0.15, 0.2) is 5.78 Å². The third-order valence-corrected chi connectivity index (χ3v) is 5.47. The molecular weight excluding hydrogens is 440 g/mol. The molecule has 30 heavy (non-hydrogen) atoms. The number of carbonyl (C=O) groups is 1. The van der Waals surface area contributed by atoms with Gasteiger partial charge in [-0.2, -0.15) is 0 Å². The Morgan fingerprint density at radius 2 is 1.73 bits per heavy atom. The Balaban J connectivity index is 1.88. The molecule has 0 unspecified atom stereocenters. The summed E-state index contributed by atoms with van der Waals surface area (Å²) in [5, 5.41) is 0. The van der Waals surface area contributed by atoms with Crippen LogP contribution in [0.25, 0.3) is 0 Å². The lowest BCUT2D eigenvalue weighted by molar-refractivity contribution is 0.103. The van der Waals surface area contributed by atoms with Crippen LogP contribution in [0.4, 0.5) is 5.69 Å². The Morgan fingerprint density at radius 3 is 2.40 bits per heavy atom. The van der Waals surface area contributed by atoms with Crippen LogP contribution in [-0.2, 0) is 0 Å². The zero-order chi connectivity index (χ0) is 21.9. The number of unbranched alkanes of at least 4 members (excludes halogenated alkanes) is 3. The van der Waals surface area contributed by atoms with Gasteiger partial charge in [0.2, 0.25) is 0 Å². The second-order valence-electron chi connectivity index (χ2n) is 7.72. The number of rotatable bonds is 13. The third-order valence-electron chi connectivity index (χ3n) is 4.95. The zero-order valence-corrected chi connectivity index (χ0v) is 20.0. The maximum atomic E-state index is 13.0. The number of anilines is 1. The Morgan fingerprint density at radius 1 is 1.03 bits per heavy atom. The number of ether oxygens (including phenoxy) is 1. The zero-order valence-electron chi connectivity index (χ0n) is 18.4. The van der Waals surface area contributed by atoms with E-state index in [4.69, 9.17) is 4.74 Å². The summed E-state index contributed by atoms with van der Waals surface area (Å²) < 4.78 is 6.91. The molecule has 2 aromatic carbocycles. The predicted octanol–water partition coefficient (Wildman–Crippen LogP) is 5.80. The molecule has 0 aromatic heterocycles. The number of hydrogen-bond acceptors (Lipinski definition) is 4. The summed E-state index contributed by atoms with van der Waals surface area (Å²) in [6.07, 6.45) is 6.52. The maximum absolute atomic E-state index is 13.0. The minimum absolute atomic E-state index is 0.0131. The molecule has 4 nitrogen and oxygen atoms in total. The van der Waals surface area contributed by atoms with Gasteiger partial charge in [-0.1, -0.05) is 34.8 Å². The van der Waals surface area contributed by atoms with E-state index in [1.165, 1.54) is 12.8 Å². The SMILES string of the molecule is C=CCN(C)CCCCCCOc1ccc(C(=O)c2ccc(Br)cc2)c(N(C)C)c1. The molecule has 5 heteroatoms. The van der Waals surface area contributed by atoms with Crippen LogP contribution in [0.5, 0.6) is 5.75 Å². The number of hydrogen-bond donors (Lipinski definition) is 0. The fraction of sp³-hybridized carbons (Fsp3) is 0.400. The minimum atomic E-state index is 0.0131. The highest BCUT2D eigenvalue weighted by Gasteiger charge is 2.16. The number of carbonyl (C=O) groups excluding carboxylic acids is 1. The molecule has 0 saturated heterocycles. The molecule has 2 rings (SSSR count). The van der Waals surface area contributed by atoms with Gasteiger partial charge in [-0.15, -0.1) is 6.58 Å². The maximum Gasteiger partial charge on any atom is 0.195 e. The first-order chi connectivity index (χ1) is 14.4. The van der Waals surface area contributed by atoms with Crippen LogP contribution in [0.1, 0.15) is 41.6 Å². The molecular formula is C25H33BrN2O2. The van der Waals surface area contributed by atoms with Gasteiger partial charge in [0.05, 0.1) is 12.3 Å². The molecule has 162 valence electrons. The first-order valence-corrected chi connectivity index (χ1v) is 11.3. The molecule has 0 heterocycles. The van der Waals surface area contributed by atoms with Crippen molar-refractivity contribution in [2.24, 2.45) is 0 Å². The standard InChI is InChI=1S/C25H33BrN2O2/c1-5-16-28(4)17-8-6-7-9-18-30-22-14-15-23(24(19-22)27(2)3)25(29)20-10-12-21(26)13-11-20/h5,10-15,19H,1,6-9,16-18H2,2-4H3. The van der Waals surface area contributed by atoms with E-state index in [2.05, 4.69) is 34.5 Å². The van der Waals surface area contributed by atoms with E-state index >= 15 is 0 Å². The Hall–Kier alpha value is -2.11. The lowest BCUT2D eigenvalue weighted by Gasteiger charge is -2.18. The molecule has 0 N–H and O–H groups in total. The van der Waals surface area contributed by atoms with Crippen LogP contribution in [0.3, 0.4) is 0 Å². The van der Waals surface area contributed by atoms with Crippen LogP contribution < -0.4 is 9.64 Å². The summed E-state index contributed by atoms with van der Waals surface area (Å²) in [5.74, 6) is 0.816. The Kier molecular flexibility index (Phi) is 10.1. The smallest absolute Gasteiger partial charge is 0.195 e. The van der Waals surface area contributed by atoms with Crippen molar-refractivity contribution >= 4 is 27.4 Å². The molecule has 0 fully saturated rings. The second-order valence-corrected chi connectivity index (χ2v) is 8.64. The summed E-state index contributed by atoms with van der Waals surface area (Å²) in [4.78, 5) is 17.2. The van der Waals surface area contributed by atoms with Gasteiger partial charge in [-0.05, 0) is 62.8 Å². The van der Waals surface area contributed by atoms with Crippen LogP contribution in [-0.4, -0.2) is 51.5 Å². The fourth-order valence-electron chi connectivity index (χ4n) is 3.26. The van der Waals surface area contributed by atoms with Gasteiger partial charge in [0.1, 0.15) is 5.75 Å². The molecule has 0 aliphatic carbocycles. The monoisotopic (exact) mass is 472 g/mol. The number of benzene rings is 2. The molecule has 0 amide bonds. The van der Waals surface area contributed by atoms with Gasteiger partial charge in [0, 0.05) is 42.3 Å². The highest BCUT2D eigenvalue weighted by atomic mass is 79.9. The van der Waals surface area contributed by atoms with E-state index in [1.807, 2.05) is 67.5 Å². The van der Waals surface area contributed by atoms with Crippen molar-refractivity contribution in [3.63, 3.8) is 0 Å². The van der Waals surface area contributed by atoms with Gasteiger partial charge in [-0.3, -0.25) is 4.79 Å². The normalized spacial score (nSPS) is 10.8. The first kappa shape index (κ1) is 24.2. The van der Waals surface area contributed by atoms with Crippen molar-refractivity contribution in [1.29, 1.82) is 0 Å². The van der Waals surface area contributed by atoms with Crippen molar-refractivity contribution < 1.29 is 9.53 Å². The number of halogens is 1. The molecule has 0 bridgehead atoms. The van der Waals surface area contributed by atoms with E-state index in [-0.39, 0.29) is 5.78 Å². The van der Waals surface area contributed by atoms with Crippen molar-refractivity contribution in [2.75, 3.05) is 45.7 Å². The van der Waals surface area contributed by atoms with E-state index in [0.29, 0.717) is 17.7 Å². The Bertz CT molecular complexity index is 818. The lowest BCUT2D eigenvalue weighted by Crippen LogP contribution is -2.19. The molecule has 2 aromatic rings. The van der Waals surface area contributed by atoms with Crippen LogP contribution in [0, 0.1) is 0 Å². The van der Waals surface area contributed by atoms with Gasteiger partial charge >= 0.3 is 0 Å². The van der Waals surface area contributed by atoms with Crippen LogP contribution in [0.2, 0.25) is 0 Å². The van der Waals surface area contributed by atoms with Crippen LogP contribution in [0.15, 0.2) is 59.6 Å². The first-order valence-electron chi connectivity index (χ1n) is 10.5. The second kappa shape index (κ2) is 12.6. The summed E-state index contributed by atoms with van der Waals surface area (Å²) in [6.45, 7) is 6.50. The van der Waals surface area contributed by atoms with Crippen molar-refractivity contribution in [1.82, 2.24) is 4.90 Å². The number of likely N-dealkylation sites (N-methyl/N-ethyl adjacent to an activating group) is 1. The summed E-state index contributed by atoms with van der Waals surface area (Å²) in [6, 6.07) is 13.2. The third kappa shape index (κ3) is 7.62. The van der Waals surface area contributed by atoms with E-state index in [9.17, 15) is 4.79 Å². The van der Waals surface area contributed by atoms with Crippen molar-refractivity contribution in [3.05, 3.63) is 70.7 Å². The summed E-state index contributed by atoms with van der Waals surface area (Å²) >= 11 is 3.41. The molecule has 0 radical (unpaired) electrons. The topological polar surface area (TPSA) is 32.8 Å². The van der Waals surface area contributed by atoms with Gasteiger partial charge in [0.25, 0.3) is 0 Å². The van der Waals surface area contributed by atoms with Crippen molar-refractivity contribution in [2.45, 2.75) is 25.7 Å². The fourth-order valence-corrected chi connectivity index (χ4v) is 3.52. The van der Waals surface area contributed by atoms with E-state index < -0.39 is 0 Å². The highest BCUT2D eigenvalue weighted by Crippen LogP contribution is 2.27. The van der Waals surface area contributed by atoms with Gasteiger partial charge < -0.3 is 14.5 Å². The lowest BCUT2D eigenvalue weighted by atomic mass is 10.0. The average Bonchev–Trinajstić information content (AvgIpc) is 2.73. The summed E-state index contributed by atoms with van der Waals surface area (Å²) in [7, 11) is 6.01. The van der Waals surface area contributed by atoms with Crippen LogP contribution >= 0.6 is 15.9 Å². The highest BCUT2D eigenvalue weighted by molar-refractivity contribution is 9.10. The van der Waals surface area contributed by atoms with Gasteiger partial charge in [-0.25, -0.2) is 0 Å². The molecule has 0 aliphatic heterocycles. The number of nitrogens with zero attached hydrogens (tertiary/aromatic N) is 2. The van der Waals surface area contributed by atoms with E-state index in [0.717, 1.165) is 41.8 Å². The molecule has 0 saturated carbocycles. The average molecular weight is 473 g/mol.